The van der Waals surface area contributed by atoms with Gasteiger partial charge in [0.2, 0.25) is 5.88 Å². The minimum atomic E-state index is -4.49. The van der Waals surface area contributed by atoms with Gasteiger partial charge in [0, 0.05) is 7.05 Å². The first-order chi connectivity index (χ1) is 7.70. The standard InChI is InChI=1S/C7H6F3IN2O4/c1-13-5(17-6(14)15)3(11)4(12-13)16-2-7(8,9)10/h2H2,1H3,(H,14,15). The van der Waals surface area contributed by atoms with Crippen LogP contribution in [0, 0.1) is 3.57 Å². The third-order valence-electron chi connectivity index (χ3n) is 1.47. The van der Waals surface area contributed by atoms with Gasteiger partial charge in [-0.2, -0.15) is 13.2 Å². The lowest BCUT2D eigenvalue weighted by Gasteiger charge is -2.06. The van der Waals surface area contributed by atoms with Crippen LogP contribution in [-0.2, 0) is 7.05 Å². The molecule has 0 atom stereocenters. The molecule has 17 heavy (non-hydrogen) atoms. The van der Waals surface area contributed by atoms with Crippen molar-refractivity contribution in [3.05, 3.63) is 3.57 Å². The molecule has 0 saturated carbocycles. The lowest BCUT2D eigenvalue weighted by molar-refractivity contribution is -0.154. The monoisotopic (exact) mass is 366 g/mol. The average molecular weight is 366 g/mol. The van der Waals surface area contributed by atoms with E-state index in [1.54, 1.807) is 22.6 Å². The van der Waals surface area contributed by atoms with Gasteiger partial charge in [-0.25, -0.2) is 9.48 Å². The second-order valence-electron chi connectivity index (χ2n) is 2.82. The molecule has 0 aliphatic heterocycles. The summed E-state index contributed by atoms with van der Waals surface area (Å²) in [6, 6.07) is 0. The van der Waals surface area contributed by atoms with Crippen LogP contribution >= 0.6 is 22.6 Å². The fourth-order valence-electron chi connectivity index (χ4n) is 0.895. The number of carbonyl (C=O) groups is 1. The minimum absolute atomic E-state index is 0.0525. The zero-order valence-corrected chi connectivity index (χ0v) is 10.4. The van der Waals surface area contributed by atoms with Gasteiger partial charge in [0.25, 0.3) is 5.88 Å². The highest BCUT2D eigenvalue weighted by Crippen LogP contribution is 2.30. The number of ether oxygens (including phenoxy) is 2. The number of hydrogen-bond acceptors (Lipinski definition) is 4. The molecule has 1 rings (SSSR count). The molecule has 0 unspecified atom stereocenters. The fourth-order valence-corrected chi connectivity index (χ4v) is 1.62. The van der Waals surface area contributed by atoms with Crippen molar-refractivity contribution >= 4 is 28.7 Å². The number of alkyl halides is 3. The Labute approximate surface area is 106 Å². The van der Waals surface area contributed by atoms with Crippen LogP contribution in [0.4, 0.5) is 18.0 Å². The van der Waals surface area contributed by atoms with Gasteiger partial charge in [-0.1, -0.05) is 0 Å². The smallest absolute Gasteiger partial charge is 0.466 e. The van der Waals surface area contributed by atoms with Gasteiger partial charge < -0.3 is 14.6 Å². The second-order valence-corrected chi connectivity index (χ2v) is 3.90. The molecule has 96 valence electrons. The Kier molecular flexibility index (Phi) is 4.06. The van der Waals surface area contributed by atoms with E-state index in [-0.39, 0.29) is 15.3 Å². The van der Waals surface area contributed by atoms with E-state index < -0.39 is 18.9 Å². The summed E-state index contributed by atoms with van der Waals surface area (Å²) in [4.78, 5) is 10.3. The molecule has 0 aliphatic rings. The van der Waals surface area contributed by atoms with Crippen molar-refractivity contribution in [2.75, 3.05) is 6.61 Å². The topological polar surface area (TPSA) is 73.6 Å². The van der Waals surface area contributed by atoms with Crippen molar-refractivity contribution < 1.29 is 32.5 Å². The van der Waals surface area contributed by atoms with Crippen molar-refractivity contribution in [1.82, 2.24) is 9.78 Å². The fraction of sp³-hybridized carbons (Fsp3) is 0.429. The number of aryl methyl sites for hydroxylation is 1. The quantitative estimate of drug-likeness (QED) is 0.655. The van der Waals surface area contributed by atoms with Gasteiger partial charge in [-0.15, -0.1) is 5.10 Å². The predicted molar refractivity (Wildman–Crippen MR) is 56.1 cm³/mol. The first-order valence-electron chi connectivity index (χ1n) is 4.03. The summed E-state index contributed by atoms with van der Waals surface area (Å²) < 4.78 is 45.5. The molecule has 0 saturated heterocycles. The molecule has 0 radical (unpaired) electrons. The van der Waals surface area contributed by atoms with Gasteiger partial charge >= 0.3 is 12.3 Å². The molecular formula is C7H6F3IN2O4. The summed E-state index contributed by atoms with van der Waals surface area (Å²) in [6.45, 7) is -1.51. The number of aromatic nitrogens is 2. The maximum Gasteiger partial charge on any atom is 0.512 e. The Morgan fingerprint density at radius 3 is 2.65 bits per heavy atom. The highest BCUT2D eigenvalue weighted by Gasteiger charge is 2.30. The van der Waals surface area contributed by atoms with Crippen molar-refractivity contribution in [3.8, 4) is 11.8 Å². The van der Waals surface area contributed by atoms with Gasteiger partial charge in [-0.3, -0.25) is 0 Å². The van der Waals surface area contributed by atoms with Gasteiger partial charge in [-0.05, 0) is 22.6 Å². The van der Waals surface area contributed by atoms with E-state index >= 15 is 0 Å². The summed E-state index contributed by atoms with van der Waals surface area (Å²) in [7, 11) is 1.32. The van der Waals surface area contributed by atoms with Crippen molar-refractivity contribution in [3.63, 3.8) is 0 Å². The Morgan fingerprint density at radius 2 is 2.18 bits per heavy atom. The molecule has 10 heteroatoms. The Balaban J connectivity index is 2.85. The zero-order chi connectivity index (χ0) is 13.2. The summed E-state index contributed by atoms with van der Waals surface area (Å²) in [5.74, 6) is -0.531. The molecule has 0 fully saturated rings. The molecule has 0 aliphatic carbocycles. The van der Waals surface area contributed by atoms with Crippen LogP contribution in [0.15, 0.2) is 0 Å². The largest absolute Gasteiger partial charge is 0.512 e. The van der Waals surface area contributed by atoms with Crippen LogP contribution in [0.25, 0.3) is 0 Å². The van der Waals surface area contributed by atoms with Gasteiger partial charge in [0.1, 0.15) is 3.57 Å². The molecular weight excluding hydrogens is 360 g/mol. The lowest BCUT2D eigenvalue weighted by atomic mass is 10.6. The van der Waals surface area contributed by atoms with E-state index in [9.17, 15) is 18.0 Å². The number of carboxylic acid groups (broad SMARTS) is 1. The Bertz CT molecular complexity index is 431. The molecule has 1 aromatic heterocycles. The number of halogens is 4. The highest BCUT2D eigenvalue weighted by molar-refractivity contribution is 14.1. The minimum Gasteiger partial charge on any atom is -0.466 e. The number of rotatable bonds is 3. The maximum atomic E-state index is 11.9. The van der Waals surface area contributed by atoms with Crippen molar-refractivity contribution in [2.45, 2.75) is 6.18 Å². The Morgan fingerprint density at radius 1 is 1.59 bits per heavy atom. The third-order valence-corrected chi connectivity index (χ3v) is 2.39. The average Bonchev–Trinajstić information content (AvgIpc) is 2.41. The molecule has 1 N–H and O–H groups in total. The van der Waals surface area contributed by atoms with E-state index in [0.29, 0.717) is 0 Å². The van der Waals surface area contributed by atoms with Crippen LogP contribution in [-0.4, -0.2) is 33.8 Å². The summed E-state index contributed by atoms with van der Waals surface area (Å²) in [5.41, 5.74) is 0. The summed E-state index contributed by atoms with van der Waals surface area (Å²) in [5, 5.41) is 12.0. The van der Waals surface area contributed by atoms with E-state index in [1.807, 2.05) is 0 Å². The van der Waals surface area contributed by atoms with Crippen molar-refractivity contribution in [1.29, 1.82) is 0 Å². The molecule has 0 aromatic carbocycles. The third kappa shape index (κ3) is 3.94. The van der Waals surface area contributed by atoms with Crippen molar-refractivity contribution in [2.24, 2.45) is 7.05 Å². The number of nitrogens with zero attached hydrogens (tertiary/aromatic N) is 2. The molecule has 1 aromatic rings. The SMILES string of the molecule is Cn1nc(OCC(F)(F)F)c(I)c1OC(=O)O. The molecule has 6 nitrogen and oxygen atoms in total. The van der Waals surface area contributed by atoms with E-state index in [4.69, 9.17) is 5.11 Å². The van der Waals surface area contributed by atoms with E-state index in [1.165, 1.54) is 7.05 Å². The van der Waals surface area contributed by atoms with E-state index in [2.05, 4.69) is 14.6 Å². The first-order valence-corrected chi connectivity index (χ1v) is 5.11. The summed E-state index contributed by atoms with van der Waals surface area (Å²) >= 11 is 1.58. The van der Waals surface area contributed by atoms with Gasteiger partial charge in [0.05, 0.1) is 0 Å². The van der Waals surface area contributed by atoms with Gasteiger partial charge in [0.15, 0.2) is 6.61 Å². The molecule has 0 bridgehead atoms. The number of hydrogen-bond donors (Lipinski definition) is 1. The van der Waals surface area contributed by atoms with Crippen LogP contribution in [0.2, 0.25) is 0 Å². The molecule has 0 amide bonds. The van der Waals surface area contributed by atoms with Crippen LogP contribution < -0.4 is 9.47 Å². The Hall–Kier alpha value is -1.20. The molecule has 1 heterocycles. The maximum absolute atomic E-state index is 11.9. The second kappa shape index (κ2) is 4.98. The van der Waals surface area contributed by atoms with Crippen LogP contribution in [0.3, 0.4) is 0 Å². The first kappa shape index (κ1) is 13.9. The molecule has 0 spiro atoms. The van der Waals surface area contributed by atoms with Crippen LogP contribution in [0.5, 0.6) is 11.8 Å². The zero-order valence-electron chi connectivity index (χ0n) is 8.29. The normalized spacial score (nSPS) is 11.4. The lowest BCUT2D eigenvalue weighted by Crippen LogP contribution is -2.19. The summed E-state index contributed by atoms with van der Waals surface area (Å²) in [6.07, 6.45) is -6.08. The van der Waals surface area contributed by atoms with E-state index in [0.717, 1.165) is 4.68 Å². The predicted octanol–water partition coefficient (Wildman–Crippen LogP) is 2.02. The van der Waals surface area contributed by atoms with Crippen LogP contribution in [0.1, 0.15) is 0 Å². The highest BCUT2D eigenvalue weighted by atomic mass is 127.